The van der Waals surface area contributed by atoms with Gasteiger partial charge in [0.2, 0.25) is 0 Å². The molecule has 108 valence electrons. The van der Waals surface area contributed by atoms with Crippen LogP contribution in [-0.2, 0) is 19.0 Å². The van der Waals surface area contributed by atoms with Crippen molar-refractivity contribution in [2.75, 3.05) is 13.2 Å². The minimum atomic E-state index is -0.702. The summed E-state index contributed by atoms with van der Waals surface area (Å²) < 4.78 is 15.9. The largest absolute Gasteiger partial charge is 0.445 e. The van der Waals surface area contributed by atoms with E-state index < -0.39 is 17.9 Å². The molecular weight excluding hydrogens is 250 g/mol. The molecule has 1 aliphatic rings. The summed E-state index contributed by atoms with van der Waals surface area (Å²) in [6.45, 7) is 8.93. The zero-order chi connectivity index (χ0) is 14.5. The minimum Gasteiger partial charge on any atom is -0.445 e. The van der Waals surface area contributed by atoms with Gasteiger partial charge in [-0.15, -0.1) is 0 Å². The van der Waals surface area contributed by atoms with Crippen molar-refractivity contribution in [3.63, 3.8) is 0 Å². The fourth-order valence-electron chi connectivity index (χ4n) is 1.83. The normalized spacial score (nSPS) is 22.6. The van der Waals surface area contributed by atoms with Crippen LogP contribution in [0, 0.1) is 0 Å². The highest BCUT2D eigenvalue weighted by Crippen LogP contribution is 2.25. The van der Waals surface area contributed by atoms with Gasteiger partial charge in [-0.25, -0.2) is 4.79 Å². The number of rotatable bonds is 6. The molecule has 6 heteroatoms. The van der Waals surface area contributed by atoms with Gasteiger partial charge in [0.1, 0.15) is 18.5 Å². The lowest BCUT2D eigenvalue weighted by atomic mass is 10.1. The van der Waals surface area contributed by atoms with Gasteiger partial charge in [-0.3, -0.25) is 4.79 Å². The second kappa shape index (κ2) is 6.68. The molecule has 0 aromatic rings. The van der Waals surface area contributed by atoms with Gasteiger partial charge >= 0.3 is 6.09 Å². The van der Waals surface area contributed by atoms with E-state index in [9.17, 15) is 9.59 Å². The molecule has 1 saturated heterocycles. The van der Waals surface area contributed by atoms with Gasteiger partial charge in [0, 0.05) is 6.42 Å². The van der Waals surface area contributed by atoms with Crippen LogP contribution in [0.4, 0.5) is 4.79 Å². The molecule has 1 heterocycles. The number of hydrogen-bond donors (Lipinski definition) is 1. The molecule has 0 aliphatic carbocycles. The lowest BCUT2D eigenvalue weighted by Crippen LogP contribution is -2.46. The summed E-state index contributed by atoms with van der Waals surface area (Å²) in [5, 5.41) is 2.63. The Labute approximate surface area is 113 Å². The van der Waals surface area contributed by atoms with E-state index in [4.69, 9.17) is 14.2 Å². The number of nitrogens with one attached hydrogen (secondary N) is 1. The Morgan fingerprint density at radius 1 is 1.58 bits per heavy atom. The molecule has 6 nitrogen and oxygen atoms in total. The highest BCUT2D eigenvalue weighted by atomic mass is 16.7. The van der Waals surface area contributed by atoms with Crippen molar-refractivity contribution < 1.29 is 23.8 Å². The van der Waals surface area contributed by atoms with Crippen molar-refractivity contribution in [2.24, 2.45) is 0 Å². The molecule has 1 amide bonds. The van der Waals surface area contributed by atoms with Crippen molar-refractivity contribution in [1.82, 2.24) is 5.32 Å². The Hall–Kier alpha value is -1.40. The molecule has 1 N–H and O–H groups in total. The maximum atomic E-state index is 11.5. The summed E-state index contributed by atoms with van der Waals surface area (Å²) >= 11 is 0. The van der Waals surface area contributed by atoms with E-state index in [0.717, 1.165) is 0 Å². The van der Waals surface area contributed by atoms with Crippen LogP contribution in [0.2, 0.25) is 0 Å². The van der Waals surface area contributed by atoms with Gasteiger partial charge in [0.15, 0.2) is 5.79 Å². The lowest BCUT2D eigenvalue weighted by molar-refractivity contribution is -0.143. The molecule has 0 aromatic heterocycles. The Kier molecular flexibility index (Phi) is 5.50. The zero-order valence-electron chi connectivity index (χ0n) is 11.6. The van der Waals surface area contributed by atoms with Gasteiger partial charge in [-0.05, 0) is 20.8 Å². The number of ketones is 1. The summed E-state index contributed by atoms with van der Waals surface area (Å²) in [7, 11) is 0. The fourth-order valence-corrected chi connectivity index (χ4v) is 1.83. The van der Waals surface area contributed by atoms with E-state index in [-0.39, 0.29) is 24.9 Å². The topological polar surface area (TPSA) is 73.9 Å². The average molecular weight is 271 g/mol. The molecule has 1 rings (SSSR count). The molecule has 2 atom stereocenters. The van der Waals surface area contributed by atoms with Gasteiger partial charge in [-0.1, -0.05) is 12.7 Å². The molecule has 0 radical (unpaired) electrons. The Bertz CT molecular complexity index is 353. The van der Waals surface area contributed by atoms with Crippen LogP contribution in [0.15, 0.2) is 12.7 Å². The standard InChI is InChI=1S/C13H21NO5/c1-5-6-17-12(16)14-10(7-9(2)15)11-8-18-13(3,4)19-11/h5,10-11H,1,6-8H2,2-4H3,(H,14,16)/t10-,11-/m0/s1. The Balaban J connectivity index is 2.59. The molecule has 1 fully saturated rings. The third-order valence-corrected chi connectivity index (χ3v) is 2.62. The number of alkyl carbamates (subject to hydrolysis) is 1. The van der Waals surface area contributed by atoms with Gasteiger partial charge < -0.3 is 19.5 Å². The van der Waals surface area contributed by atoms with Crippen molar-refractivity contribution in [3.05, 3.63) is 12.7 Å². The van der Waals surface area contributed by atoms with Crippen molar-refractivity contribution in [3.8, 4) is 0 Å². The summed E-state index contributed by atoms with van der Waals surface area (Å²) in [6.07, 6.45) is 0.681. The Morgan fingerprint density at radius 3 is 2.74 bits per heavy atom. The first-order chi connectivity index (χ1) is 8.84. The zero-order valence-corrected chi connectivity index (χ0v) is 11.6. The minimum absolute atomic E-state index is 0.0395. The van der Waals surface area contributed by atoms with Crippen molar-refractivity contribution in [1.29, 1.82) is 0 Å². The molecular formula is C13H21NO5. The second-order valence-electron chi connectivity index (χ2n) is 4.91. The number of hydrogen-bond acceptors (Lipinski definition) is 5. The SMILES string of the molecule is C=CCOC(=O)N[C@@H](CC(C)=O)[C@@H]1COC(C)(C)O1. The first-order valence-corrected chi connectivity index (χ1v) is 6.19. The molecule has 0 bridgehead atoms. The lowest BCUT2D eigenvalue weighted by Gasteiger charge is -2.24. The predicted molar refractivity (Wildman–Crippen MR) is 68.7 cm³/mol. The van der Waals surface area contributed by atoms with E-state index >= 15 is 0 Å². The van der Waals surface area contributed by atoms with Crippen molar-refractivity contribution in [2.45, 2.75) is 45.1 Å². The van der Waals surface area contributed by atoms with Crippen LogP contribution in [-0.4, -0.2) is 43.0 Å². The first-order valence-electron chi connectivity index (χ1n) is 6.19. The quantitative estimate of drug-likeness (QED) is 0.739. The number of ether oxygens (including phenoxy) is 3. The van der Waals surface area contributed by atoms with Crippen LogP contribution in [0.5, 0.6) is 0 Å². The van der Waals surface area contributed by atoms with E-state index in [1.54, 1.807) is 13.8 Å². The van der Waals surface area contributed by atoms with Gasteiger partial charge in [0.25, 0.3) is 0 Å². The highest BCUT2D eigenvalue weighted by molar-refractivity contribution is 5.77. The van der Waals surface area contributed by atoms with Crippen molar-refractivity contribution >= 4 is 11.9 Å². The molecule has 0 unspecified atom stereocenters. The third-order valence-electron chi connectivity index (χ3n) is 2.62. The van der Waals surface area contributed by atoms with Crippen LogP contribution in [0.1, 0.15) is 27.2 Å². The number of Topliss-reactive ketones (excluding diaryl/α,β-unsaturated/α-hetero) is 1. The Morgan fingerprint density at radius 2 is 2.26 bits per heavy atom. The summed E-state index contributed by atoms with van der Waals surface area (Å²) in [5.41, 5.74) is 0. The summed E-state index contributed by atoms with van der Waals surface area (Å²) in [5.74, 6) is -0.741. The first kappa shape index (κ1) is 15.7. The molecule has 0 aromatic carbocycles. The number of carbonyl (C=O) groups is 2. The molecule has 19 heavy (non-hydrogen) atoms. The maximum Gasteiger partial charge on any atom is 0.407 e. The van der Waals surface area contributed by atoms with E-state index in [2.05, 4.69) is 11.9 Å². The van der Waals surface area contributed by atoms with Crippen LogP contribution in [0.3, 0.4) is 0 Å². The van der Waals surface area contributed by atoms with Crippen LogP contribution >= 0.6 is 0 Å². The predicted octanol–water partition coefficient (Wildman–Crippen LogP) is 1.40. The highest BCUT2D eigenvalue weighted by Gasteiger charge is 2.38. The number of carbonyl (C=O) groups excluding carboxylic acids is 2. The third kappa shape index (κ3) is 5.40. The van der Waals surface area contributed by atoms with Crippen LogP contribution in [0.25, 0.3) is 0 Å². The van der Waals surface area contributed by atoms with Gasteiger partial charge in [-0.2, -0.15) is 0 Å². The fraction of sp³-hybridized carbons (Fsp3) is 0.692. The summed E-state index contributed by atoms with van der Waals surface area (Å²) in [6, 6.07) is -0.461. The monoisotopic (exact) mass is 271 g/mol. The maximum absolute atomic E-state index is 11.5. The van der Waals surface area contributed by atoms with E-state index in [1.165, 1.54) is 13.0 Å². The van der Waals surface area contributed by atoms with E-state index in [0.29, 0.717) is 6.61 Å². The summed E-state index contributed by atoms with van der Waals surface area (Å²) in [4.78, 5) is 22.8. The molecule has 1 aliphatic heterocycles. The second-order valence-corrected chi connectivity index (χ2v) is 4.91. The number of amides is 1. The smallest absolute Gasteiger partial charge is 0.407 e. The molecule has 0 spiro atoms. The molecule has 0 saturated carbocycles. The van der Waals surface area contributed by atoms with E-state index in [1.807, 2.05) is 0 Å². The van der Waals surface area contributed by atoms with Crippen LogP contribution < -0.4 is 5.32 Å². The van der Waals surface area contributed by atoms with Gasteiger partial charge in [0.05, 0.1) is 12.6 Å². The average Bonchev–Trinajstić information content (AvgIpc) is 2.65.